The predicted molar refractivity (Wildman–Crippen MR) is 71.9 cm³/mol. The molecule has 1 rings (SSSR count). The number of amides is 1. The Balaban J connectivity index is 2.33. The number of rotatable bonds is 4. The van der Waals surface area contributed by atoms with Gasteiger partial charge in [0.15, 0.2) is 0 Å². The number of carboxylic acid groups (broad SMARTS) is 1. The summed E-state index contributed by atoms with van der Waals surface area (Å²) in [4.78, 5) is 24.3. The van der Waals surface area contributed by atoms with Gasteiger partial charge in [0.2, 0.25) is 0 Å². The summed E-state index contributed by atoms with van der Waals surface area (Å²) in [7, 11) is 0. The van der Waals surface area contributed by atoms with Crippen molar-refractivity contribution in [1.82, 2.24) is 4.90 Å². The lowest BCUT2D eigenvalue weighted by molar-refractivity contribution is -0.141. The summed E-state index contributed by atoms with van der Waals surface area (Å²) in [5.74, 6) is -0.660. The molecule has 110 valence electrons. The van der Waals surface area contributed by atoms with Crippen LogP contribution in [-0.2, 0) is 9.53 Å². The molecule has 1 heterocycles. The molecule has 2 unspecified atom stereocenters. The SMILES string of the molecule is CC(CCC1CCN(C(=O)OC(C)(C)C)C1)C(=O)O. The van der Waals surface area contributed by atoms with Crippen LogP contribution in [0.1, 0.15) is 47.0 Å². The number of carbonyl (C=O) groups excluding carboxylic acids is 1. The normalized spacial score (nSPS) is 21.3. The second kappa shape index (κ2) is 6.26. The quantitative estimate of drug-likeness (QED) is 0.853. The number of likely N-dealkylation sites (tertiary alicyclic amines) is 1. The third-order valence-electron chi connectivity index (χ3n) is 3.37. The van der Waals surface area contributed by atoms with Crippen LogP contribution in [0.2, 0.25) is 0 Å². The monoisotopic (exact) mass is 271 g/mol. The molecule has 0 radical (unpaired) electrons. The molecule has 1 saturated heterocycles. The van der Waals surface area contributed by atoms with Gasteiger partial charge in [0.25, 0.3) is 0 Å². The van der Waals surface area contributed by atoms with Gasteiger partial charge >= 0.3 is 12.1 Å². The summed E-state index contributed by atoms with van der Waals surface area (Å²) in [6.45, 7) is 8.68. The fraction of sp³-hybridized carbons (Fsp3) is 0.857. The van der Waals surface area contributed by atoms with Crippen LogP contribution in [0.3, 0.4) is 0 Å². The van der Waals surface area contributed by atoms with Crippen molar-refractivity contribution < 1.29 is 19.4 Å². The Bertz CT molecular complexity index is 335. The molecular formula is C14H25NO4. The third-order valence-corrected chi connectivity index (χ3v) is 3.37. The van der Waals surface area contributed by atoms with Crippen molar-refractivity contribution in [3.05, 3.63) is 0 Å². The molecule has 5 nitrogen and oxygen atoms in total. The average Bonchev–Trinajstić information content (AvgIpc) is 2.71. The topological polar surface area (TPSA) is 66.8 Å². The van der Waals surface area contributed by atoms with Gasteiger partial charge in [-0.05, 0) is 46.0 Å². The highest BCUT2D eigenvalue weighted by Gasteiger charge is 2.30. The second-order valence-electron chi connectivity index (χ2n) is 6.40. The lowest BCUT2D eigenvalue weighted by Gasteiger charge is -2.24. The van der Waals surface area contributed by atoms with Crippen LogP contribution >= 0.6 is 0 Å². The zero-order valence-corrected chi connectivity index (χ0v) is 12.3. The Morgan fingerprint density at radius 2 is 2.05 bits per heavy atom. The summed E-state index contributed by atoms with van der Waals surface area (Å²) in [5, 5.41) is 8.84. The van der Waals surface area contributed by atoms with E-state index in [4.69, 9.17) is 9.84 Å². The van der Waals surface area contributed by atoms with E-state index >= 15 is 0 Å². The molecule has 0 aromatic heterocycles. The largest absolute Gasteiger partial charge is 0.481 e. The van der Waals surface area contributed by atoms with E-state index in [1.54, 1.807) is 11.8 Å². The Morgan fingerprint density at radius 3 is 2.58 bits per heavy atom. The molecule has 0 aromatic carbocycles. The molecule has 0 saturated carbocycles. The van der Waals surface area contributed by atoms with Gasteiger partial charge in [-0.3, -0.25) is 4.79 Å². The van der Waals surface area contributed by atoms with Crippen LogP contribution in [0.15, 0.2) is 0 Å². The maximum absolute atomic E-state index is 11.9. The van der Waals surface area contributed by atoms with E-state index in [0.717, 1.165) is 12.8 Å². The van der Waals surface area contributed by atoms with Gasteiger partial charge < -0.3 is 14.7 Å². The highest BCUT2D eigenvalue weighted by molar-refractivity contribution is 5.69. The number of hydrogen-bond donors (Lipinski definition) is 1. The van der Waals surface area contributed by atoms with E-state index in [1.165, 1.54) is 0 Å². The molecule has 1 amide bonds. The molecule has 1 aliphatic rings. The molecular weight excluding hydrogens is 246 g/mol. The van der Waals surface area contributed by atoms with Crippen molar-refractivity contribution in [3.8, 4) is 0 Å². The van der Waals surface area contributed by atoms with Crippen molar-refractivity contribution in [2.24, 2.45) is 11.8 Å². The van der Waals surface area contributed by atoms with Crippen LogP contribution in [0, 0.1) is 11.8 Å². The molecule has 1 N–H and O–H groups in total. The Hall–Kier alpha value is -1.26. The molecule has 1 fully saturated rings. The van der Waals surface area contributed by atoms with Gasteiger partial charge in [-0.25, -0.2) is 4.79 Å². The van der Waals surface area contributed by atoms with E-state index < -0.39 is 11.6 Å². The summed E-state index contributed by atoms with van der Waals surface area (Å²) < 4.78 is 5.33. The molecule has 0 spiro atoms. The molecule has 0 aromatic rings. The number of carboxylic acids is 1. The molecule has 2 atom stereocenters. The second-order valence-corrected chi connectivity index (χ2v) is 6.40. The Kier molecular flexibility index (Phi) is 5.20. The minimum Gasteiger partial charge on any atom is -0.481 e. The number of aliphatic carboxylic acids is 1. The zero-order chi connectivity index (χ0) is 14.6. The highest BCUT2D eigenvalue weighted by Crippen LogP contribution is 2.24. The van der Waals surface area contributed by atoms with Gasteiger partial charge in [-0.15, -0.1) is 0 Å². The first-order valence-electron chi connectivity index (χ1n) is 6.90. The van der Waals surface area contributed by atoms with Crippen LogP contribution in [0.25, 0.3) is 0 Å². The Morgan fingerprint density at radius 1 is 1.42 bits per heavy atom. The van der Waals surface area contributed by atoms with Gasteiger partial charge in [-0.2, -0.15) is 0 Å². The van der Waals surface area contributed by atoms with E-state index in [1.807, 2.05) is 20.8 Å². The van der Waals surface area contributed by atoms with Crippen molar-refractivity contribution in [3.63, 3.8) is 0 Å². The predicted octanol–water partition coefficient (Wildman–Crippen LogP) is 2.74. The number of hydrogen-bond acceptors (Lipinski definition) is 3. The van der Waals surface area contributed by atoms with Gasteiger partial charge in [-0.1, -0.05) is 6.92 Å². The van der Waals surface area contributed by atoms with E-state index in [9.17, 15) is 9.59 Å². The summed E-state index contributed by atoms with van der Waals surface area (Å²) in [5.41, 5.74) is -0.465. The summed E-state index contributed by atoms with van der Waals surface area (Å²) in [6.07, 6.45) is 2.20. The standard InChI is InChI=1S/C14H25NO4/c1-10(12(16)17)5-6-11-7-8-15(9-11)13(18)19-14(2,3)4/h10-11H,5-9H2,1-4H3,(H,16,17). The average molecular weight is 271 g/mol. The molecule has 0 aliphatic carbocycles. The fourth-order valence-electron chi connectivity index (χ4n) is 2.17. The van der Waals surface area contributed by atoms with Crippen LogP contribution < -0.4 is 0 Å². The van der Waals surface area contributed by atoms with E-state index in [0.29, 0.717) is 25.4 Å². The molecule has 1 aliphatic heterocycles. The van der Waals surface area contributed by atoms with E-state index in [2.05, 4.69) is 0 Å². The first kappa shape index (κ1) is 15.8. The maximum Gasteiger partial charge on any atom is 0.410 e. The molecule has 0 bridgehead atoms. The first-order valence-corrected chi connectivity index (χ1v) is 6.90. The Labute approximate surface area is 114 Å². The van der Waals surface area contributed by atoms with E-state index in [-0.39, 0.29) is 12.0 Å². The van der Waals surface area contributed by atoms with Crippen molar-refractivity contribution in [2.45, 2.75) is 52.6 Å². The van der Waals surface area contributed by atoms with Crippen LogP contribution in [-0.4, -0.2) is 40.8 Å². The fourth-order valence-corrected chi connectivity index (χ4v) is 2.17. The van der Waals surface area contributed by atoms with Gasteiger partial charge in [0.05, 0.1) is 5.92 Å². The maximum atomic E-state index is 11.9. The highest BCUT2D eigenvalue weighted by atomic mass is 16.6. The van der Waals surface area contributed by atoms with Crippen molar-refractivity contribution in [2.75, 3.05) is 13.1 Å². The number of carbonyl (C=O) groups is 2. The third kappa shape index (κ3) is 5.49. The smallest absolute Gasteiger partial charge is 0.410 e. The van der Waals surface area contributed by atoms with Crippen LogP contribution in [0.5, 0.6) is 0 Å². The summed E-state index contributed by atoms with van der Waals surface area (Å²) in [6, 6.07) is 0. The lowest BCUT2D eigenvalue weighted by Crippen LogP contribution is -2.35. The minimum absolute atomic E-state index is 0.263. The van der Waals surface area contributed by atoms with Crippen molar-refractivity contribution >= 4 is 12.1 Å². The number of nitrogens with zero attached hydrogens (tertiary/aromatic N) is 1. The van der Waals surface area contributed by atoms with Gasteiger partial charge in [0, 0.05) is 13.1 Å². The zero-order valence-electron chi connectivity index (χ0n) is 12.3. The summed E-state index contributed by atoms with van der Waals surface area (Å²) >= 11 is 0. The lowest BCUT2D eigenvalue weighted by atomic mass is 9.96. The molecule has 19 heavy (non-hydrogen) atoms. The minimum atomic E-state index is -0.748. The molecule has 5 heteroatoms. The number of ether oxygens (including phenoxy) is 1. The van der Waals surface area contributed by atoms with Crippen molar-refractivity contribution in [1.29, 1.82) is 0 Å². The van der Waals surface area contributed by atoms with Gasteiger partial charge in [0.1, 0.15) is 5.60 Å². The first-order chi connectivity index (χ1) is 8.69. The van der Waals surface area contributed by atoms with Crippen LogP contribution in [0.4, 0.5) is 4.79 Å².